The van der Waals surface area contributed by atoms with Crippen molar-refractivity contribution in [1.29, 1.82) is 0 Å². The van der Waals surface area contributed by atoms with Crippen molar-refractivity contribution in [1.82, 2.24) is 10.1 Å². The maximum Gasteiger partial charge on any atom is 0.150 e. The second-order valence-electron chi connectivity index (χ2n) is 4.27. The van der Waals surface area contributed by atoms with Gasteiger partial charge >= 0.3 is 0 Å². The van der Waals surface area contributed by atoms with Gasteiger partial charge in [0.05, 0.1) is 12.7 Å². The molecule has 2 N–H and O–H groups in total. The average molecular weight is 195 g/mol. The first kappa shape index (κ1) is 9.68. The van der Waals surface area contributed by atoms with Crippen LogP contribution >= 0.6 is 0 Å². The number of nitrogens with two attached hydrogens (primary N) is 1. The Hall–Kier alpha value is -0.870. The number of likely N-dealkylation sites (tertiary alicyclic amines) is 1. The van der Waals surface area contributed by atoms with Gasteiger partial charge in [-0.2, -0.15) is 0 Å². The number of hydrogen-bond donors (Lipinski definition) is 1. The molecule has 0 amide bonds. The highest BCUT2D eigenvalue weighted by molar-refractivity contribution is 4.94. The van der Waals surface area contributed by atoms with Crippen LogP contribution < -0.4 is 5.73 Å². The molecule has 4 nitrogen and oxygen atoms in total. The molecule has 2 heterocycles. The molecular formula is C10H17N3O. The van der Waals surface area contributed by atoms with E-state index in [9.17, 15) is 0 Å². The smallest absolute Gasteiger partial charge is 0.150 e. The fraction of sp³-hybridized carbons (Fsp3) is 0.700. The second kappa shape index (κ2) is 4.11. The molecular weight excluding hydrogens is 178 g/mol. The number of nitrogens with zero attached hydrogens (tertiary/aromatic N) is 2. The van der Waals surface area contributed by atoms with E-state index in [0.29, 0.717) is 12.0 Å². The van der Waals surface area contributed by atoms with Crippen molar-refractivity contribution in [2.45, 2.75) is 25.9 Å². The molecule has 0 bridgehead atoms. The highest BCUT2D eigenvalue weighted by atomic mass is 16.5. The maximum absolute atomic E-state index is 5.96. The zero-order valence-electron chi connectivity index (χ0n) is 8.52. The summed E-state index contributed by atoms with van der Waals surface area (Å²) >= 11 is 0. The van der Waals surface area contributed by atoms with E-state index in [4.69, 9.17) is 10.3 Å². The summed E-state index contributed by atoms with van der Waals surface area (Å²) in [7, 11) is 0. The van der Waals surface area contributed by atoms with E-state index in [2.05, 4.69) is 17.0 Å². The average Bonchev–Trinajstić information content (AvgIpc) is 2.54. The van der Waals surface area contributed by atoms with E-state index in [1.54, 1.807) is 6.20 Å². The van der Waals surface area contributed by atoms with Gasteiger partial charge in [0.15, 0.2) is 5.76 Å². The van der Waals surface area contributed by atoms with Gasteiger partial charge in [-0.15, -0.1) is 0 Å². The molecule has 0 radical (unpaired) electrons. The molecule has 0 spiro atoms. The molecule has 2 atom stereocenters. The van der Waals surface area contributed by atoms with Gasteiger partial charge in [-0.05, 0) is 12.3 Å². The summed E-state index contributed by atoms with van der Waals surface area (Å²) < 4.78 is 5.07. The van der Waals surface area contributed by atoms with Crippen molar-refractivity contribution in [3.05, 3.63) is 18.0 Å². The summed E-state index contributed by atoms with van der Waals surface area (Å²) in [6, 6.07) is 2.21. The first-order chi connectivity index (χ1) is 6.74. The van der Waals surface area contributed by atoms with Crippen molar-refractivity contribution >= 4 is 0 Å². The highest BCUT2D eigenvalue weighted by Crippen LogP contribution is 2.16. The van der Waals surface area contributed by atoms with Crippen molar-refractivity contribution < 1.29 is 4.52 Å². The van der Waals surface area contributed by atoms with Crippen LogP contribution in [0, 0.1) is 5.92 Å². The van der Waals surface area contributed by atoms with E-state index < -0.39 is 0 Å². The summed E-state index contributed by atoms with van der Waals surface area (Å²) in [6.07, 6.45) is 2.82. The maximum atomic E-state index is 5.96. The van der Waals surface area contributed by atoms with Gasteiger partial charge in [0, 0.05) is 25.2 Å². The summed E-state index contributed by atoms with van der Waals surface area (Å²) in [6.45, 7) is 5.14. The van der Waals surface area contributed by atoms with Crippen molar-refractivity contribution in [3.63, 3.8) is 0 Å². The van der Waals surface area contributed by atoms with Crippen LogP contribution in [0.25, 0.3) is 0 Å². The molecule has 1 aromatic rings. The predicted octanol–water partition coefficient (Wildman–Crippen LogP) is 0.844. The van der Waals surface area contributed by atoms with Gasteiger partial charge in [0.25, 0.3) is 0 Å². The normalized spacial score (nSPS) is 29.3. The zero-order chi connectivity index (χ0) is 9.97. The van der Waals surface area contributed by atoms with E-state index >= 15 is 0 Å². The fourth-order valence-corrected chi connectivity index (χ4v) is 2.19. The summed E-state index contributed by atoms with van der Waals surface area (Å²) in [5.74, 6) is 1.60. The van der Waals surface area contributed by atoms with Crippen LogP contribution in [0.2, 0.25) is 0 Å². The van der Waals surface area contributed by atoms with Crippen LogP contribution in [-0.2, 0) is 6.54 Å². The van der Waals surface area contributed by atoms with Crippen molar-refractivity contribution in [3.8, 4) is 0 Å². The first-order valence-corrected chi connectivity index (χ1v) is 5.11. The number of piperidine rings is 1. The Kier molecular flexibility index (Phi) is 2.84. The van der Waals surface area contributed by atoms with Gasteiger partial charge < -0.3 is 10.3 Å². The van der Waals surface area contributed by atoms with Crippen LogP contribution in [0.15, 0.2) is 16.8 Å². The standard InChI is InChI=1S/C10H17N3O/c1-8-4-9(11)6-13(5-8)7-10-2-3-12-14-10/h2-3,8-9H,4-7,11H2,1H3. The molecule has 4 heteroatoms. The van der Waals surface area contributed by atoms with E-state index in [-0.39, 0.29) is 0 Å². The quantitative estimate of drug-likeness (QED) is 0.760. The number of rotatable bonds is 2. The molecule has 1 aliphatic heterocycles. The fourth-order valence-electron chi connectivity index (χ4n) is 2.19. The minimum absolute atomic E-state index is 0.307. The Balaban J connectivity index is 1.91. The lowest BCUT2D eigenvalue weighted by molar-refractivity contribution is 0.144. The third-order valence-corrected chi connectivity index (χ3v) is 2.64. The Morgan fingerprint density at radius 2 is 2.50 bits per heavy atom. The zero-order valence-corrected chi connectivity index (χ0v) is 8.52. The third-order valence-electron chi connectivity index (χ3n) is 2.64. The van der Waals surface area contributed by atoms with Gasteiger partial charge in [0.1, 0.15) is 0 Å². The molecule has 0 aromatic carbocycles. The van der Waals surface area contributed by atoms with Crippen molar-refractivity contribution in [2.75, 3.05) is 13.1 Å². The number of hydrogen-bond acceptors (Lipinski definition) is 4. The Bertz CT molecular complexity index is 263. The third kappa shape index (κ3) is 2.33. The molecule has 0 saturated carbocycles. The van der Waals surface area contributed by atoms with E-state index in [1.165, 1.54) is 0 Å². The molecule has 14 heavy (non-hydrogen) atoms. The summed E-state index contributed by atoms with van der Waals surface area (Å²) in [4.78, 5) is 2.33. The van der Waals surface area contributed by atoms with E-state index in [1.807, 2.05) is 6.07 Å². The largest absolute Gasteiger partial charge is 0.360 e. The first-order valence-electron chi connectivity index (χ1n) is 5.11. The van der Waals surface area contributed by atoms with Crippen molar-refractivity contribution in [2.24, 2.45) is 11.7 Å². The van der Waals surface area contributed by atoms with Gasteiger partial charge in [-0.1, -0.05) is 12.1 Å². The minimum atomic E-state index is 0.307. The van der Waals surface area contributed by atoms with Gasteiger partial charge in [-0.25, -0.2) is 0 Å². The molecule has 1 fully saturated rings. The Morgan fingerprint density at radius 1 is 1.64 bits per heavy atom. The predicted molar refractivity (Wildman–Crippen MR) is 53.5 cm³/mol. The van der Waals surface area contributed by atoms with Crippen LogP contribution in [0.4, 0.5) is 0 Å². The SMILES string of the molecule is CC1CC(N)CN(Cc2ccno2)C1. The Labute approximate surface area is 84.0 Å². The molecule has 2 unspecified atom stereocenters. The number of aromatic nitrogens is 1. The monoisotopic (exact) mass is 195 g/mol. The van der Waals surface area contributed by atoms with Crippen LogP contribution in [0.1, 0.15) is 19.1 Å². The summed E-state index contributed by atoms with van der Waals surface area (Å²) in [5.41, 5.74) is 5.96. The minimum Gasteiger partial charge on any atom is -0.360 e. The van der Waals surface area contributed by atoms with Crippen LogP contribution in [-0.4, -0.2) is 29.2 Å². The van der Waals surface area contributed by atoms with Gasteiger partial charge in [0.2, 0.25) is 0 Å². The topological polar surface area (TPSA) is 55.3 Å². The lowest BCUT2D eigenvalue weighted by atomic mass is 9.96. The van der Waals surface area contributed by atoms with Gasteiger partial charge in [-0.3, -0.25) is 4.90 Å². The second-order valence-corrected chi connectivity index (χ2v) is 4.27. The lowest BCUT2D eigenvalue weighted by Crippen LogP contribution is -2.45. The molecule has 1 saturated heterocycles. The summed E-state index contributed by atoms with van der Waals surface area (Å²) in [5, 5.41) is 3.69. The lowest BCUT2D eigenvalue weighted by Gasteiger charge is -2.33. The van der Waals surface area contributed by atoms with Crippen LogP contribution in [0.5, 0.6) is 0 Å². The van der Waals surface area contributed by atoms with E-state index in [0.717, 1.165) is 31.8 Å². The molecule has 1 aromatic heterocycles. The molecule has 2 rings (SSSR count). The van der Waals surface area contributed by atoms with Crippen LogP contribution in [0.3, 0.4) is 0 Å². The Morgan fingerprint density at radius 3 is 3.14 bits per heavy atom. The molecule has 1 aliphatic rings. The molecule has 0 aliphatic carbocycles. The molecule has 78 valence electrons. The highest BCUT2D eigenvalue weighted by Gasteiger charge is 2.22.